The van der Waals surface area contributed by atoms with Gasteiger partial charge in [-0.05, 0) is 24.6 Å². The molecule has 1 aliphatic rings. The van der Waals surface area contributed by atoms with Crippen LogP contribution >= 0.6 is 0 Å². The fraction of sp³-hybridized carbons (Fsp3) is 0.214. The number of carbonyl (C=O) groups excluding carboxylic acids is 2. The highest BCUT2D eigenvalue weighted by molar-refractivity contribution is 6.08. The summed E-state index contributed by atoms with van der Waals surface area (Å²) >= 11 is 0. The number of anilines is 1. The Hall–Kier alpha value is -2.63. The highest BCUT2D eigenvalue weighted by atomic mass is 16.2. The van der Waals surface area contributed by atoms with Gasteiger partial charge in [-0.15, -0.1) is 0 Å². The zero-order valence-electron chi connectivity index (χ0n) is 10.8. The summed E-state index contributed by atoms with van der Waals surface area (Å²) in [4.78, 5) is 26.0. The first-order valence-corrected chi connectivity index (χ1v) is 6.45. The summed E-state index contributed by atoms with van der Waals surface area (Å²) in [6.45, 7) is 1.56. The van der Waals surface area contributed by atoms with Crippen molar-refractivity contribution in [1.82, 2.24) is 15.1 Å². The van der Waals surface area contributed by atoms with E-state index in [-0.39, 0.29) is 11.8 Å². The van der Waals surface area contributed by atoms with Gasteiger partial charge < -0.3 is 10.2 Å². The third-order valence-corrected chi connectivity index (χ3v) is 3.29. The van der Waals surface area contributed by atoms with Crippen molar-refractivity contribution in [2.75, 3.05) is 18.4 Å². The molecule has 2 heterocycles. The number of aromatic nitrogens is 2. The highest BCUT2D eigenvalue weighted by Gasteiger charge is 2.24. The molecule has 1 aromatic carbocycles. The average Bonchev–Trinajstić information content (AvgIpc) is 2.91. The lowest BCUT2D eigenvalue weighted by Gasteiger charge is -2.31. The van der Waals surface area contributed by atoms with E-state index in [0.717, 1.165) is 19.5 Å². The van der Waals surface area contributed by atoms with E-state index in [4.69, 9.17) is 0 Å². The van der Waals surface area contributed by atoms with Crippen molar-refractivity contribution in [3.8, 4) is 0 Å². The molecule has 6 nitrogen and oxygen atoms in total. The summed E-state index contributed by atoms with van der Waals surface area (Å²) < 4.78 is 0. The Morgan fingerprint density at radius 1 is 1.20 bits per heavy atom. The number of H-pyrrole nitrogens is 1. The first-order chi connectivity index (χ1) is 9.75. The van der Waals surface area contributed by atoms with Gasteiger partial charge in [0.2, 0.25) is 0 Å². The molecule has 2 aromatic rings. The summed E-state index contributed by atoms with van der Waals surface area (Å²) in [5.74, 6) is -0.358. The number of hydrogen-bond donors (Lipinski definition) is 2. The van der Waals surface area contributed by atoms with Crippen LogP contribution in [-0.4, -0.2) is 40.0 Å². The van der Waals surface area contributed by atoms with Crippen molar-refractivity contribution in [2.24, 2.45) is 0 Å². The van der Waals surface area contributed by atoms with Crippen LogP contribution in [0.5, 0.6) is 0 Å². The fourth-order valence-electron chi connectivity index (χ4n) is 2.04. The minimum absolute atomic E-state index is 0.0447. The summed E-state index contributed by atoms with van der Waals surface area (Å²) in [6.07, 6.45) is 2.54. The maximum absolute atomic E-state index is 12.3. The molecule has 1 saturated heterocycles. The van der Waals surface area contributed by atoms with Gasteiger partial charge in [0.15, 0.2) is 0 Å². The van der Waals surface area contributed by atoms with E-state index in [9.17, 15) is 9.59 Å². The van der Waals surface area contributed by atoms with Crippen LogP contribution in [0.25, 0.3) is 0 Å². The number of aromatic amines is 1. The summed E-state index contributed by atoms with van der Waals surface area (Å²) in [6, 6.07) is 8.61. The van der Waals surface area contributed by atoms with Gasteiger partial charge in [-0.25, -0.2) is 0 Å². The molecule has 0 saturated carbocycles. The zero-order valence-corrected chi connectivity index (χ0v) is 10.8. The third kappa shape index (κ3) is 2.27. The SMILES string of the molecule is O=C(Nc1ccccc1C(=O)N1CCC1)c1ccn[nH]1. The average molecular weight is 270 g/mol. The molecule has 2 N–H and O–H groups in total. The fourth-order valence-corrected chi connectivity index (χ4v) is 2.04. The smallest absolute Gasteiger partial charge is 0.273 e. The Labute approximate surface area is 115 Å². The first-order valence-electron chi connectivity index (χ1n) is 6.45. The van der Waals surface area contributed by atoms with Crippen molar-refractivity contribution >= 4 is 17.5 Å². The van der Waals surface area contributed by atoms with Crippen LogP contribution in [0, 0.1) is 0 Å². The number of nitrogens with zero attached hydrogens (tertiary/aromatic N) is 2. The Morgan fingerprint density at radius 2 is 2.00 bits per heavy atom. The number of amides is 2. The van der Waals surface area contributed by atoms with Gasteiger partial charge in [0.25, 0.3) is 11.8 Å². The molecule has 1 aliphatic heterocycles. The number of carbonyl (C=O) groups is 2. The molecule has 0 spiro atoms. The van der Waals surface area contributed by atoms with E-state index in [0.29, 0.717) is 16.9 Å². The molecule has 1 aromatic heterocycles. The van der Waals surface area contributed by atoms with E-state index in [2.05, 4.69) is 15.5 Å². The van der Waals surface area contributed by atoms with Gasteiger partial charge in [-0.2, -0.15) is 5.10 Å². The number of likely N-dealkylation sites (tertiary alicyclic amines) is 1. The van der Waals surface area contributed by atoms with Gasteiger partial charge in [0, 0.05) is 19.3 Å². The number of para-hydroxylation sites is 1. The van der Waals surface area contributed by atoms with Crippen LogP contribution in [-0.2, 0) is 0 Å². The van der Waals surface area contributed by atoms with Gasteiger partial charge >= 0.3 is 0 Å². The van der Waals surface area contributed by atoms with E-state index in [1.807, 2.05) is 0 Å². The van der Waals surface area contributed by atoms with Crippen LogP contribution < -0.4 is 5.32 Å². The van der Waals surface area contributed by atoms with E-state index >= 15 is 0 Å². The van der Waals surface area contributed by atoms with Crippen molar-refractivity contribution in [3.63, 3.8) is 0 Å². The normalized spacial score (nSPS) is 13.7. The van der Waals surface area contributed by atoms with Crippen LogP contribution in [0.4, 0.5) is 5.69 Å². The van der Waals surface area contributed by atoms with Crippen molar-refractivity contribution in [3.05, 3.63) is 47.8 Å². The molecule has 0 unspecified atom stereocenters. The maximum atomic E-state index is 12.3. The largest absolute Gasteiger partial charge is 0.338 e. The quantitative estimate of drug-likeness (QED) is 0.887. The minimum Gasteiger partial charge on any atom is -0.338 e. The Morgan fingerprint density at radius 3 is 2.65 bits per heavy atom. The maximum Gasteiger partial charge on any atom is 0.273 e. The molecule has 0 aliphatic carbocycles. The number of rotatable bonds is 3. The molecule has 6 heteroatoms. The lowest BCUT2D eigenvalue weighted by atomic mass is 10.1. The van der Waals surface area contributed by atoms with E-state index in [1.54, 1.807) is 35.2 Å². The Kier molecular flexibility index (Phi) is 3.20. The van der Waals surface area contributed by atoms with Gasteiger partial charge in [0.05, 0.1) is 11.3 Å². The second-order valence-electron chi connectivity index (χ2n) is 4.62. The summed E-state index contributed by atoms with van der Waals surface area (Å²) in [5.41, 5.74) is 1.39. The lowest BCUT2D eigenvalue weighted by Crippen LogP contribution is -2.42. The van der Waals surface area contributed by atoms with Crippen LogP contribution in [0.15, 0.2) is 36.5 Å². The molecular weight excluding hydrogens is 256 g/mol. The molecule has 3 rings (SSSR count). The molecule has 20 heavy (non-hydrogen) atoms. The third-order valence-electron chi connectivity index (χ3n) is 3.29. The van der Waals surface area contributed by atoms with Crippen LogP contribution in [0.1, 0.15) is 27.3 Å². The van der Waals surface area contributed by atoms with Crippen molar-refractivity contribution in [2.45, 2.75) is 6.42 Å². The molecule has 2 amide bonds. The van der Waals surface area contributed by atoms with Crippen LogP contribution in [0.2, 0.25) is 0 Å². The summed E-state index contributed by atoms with van der Waals surface area (Å²) in [5, 5.41) is 9.06. The molecule has 0 bridgehead atoms. The second-order valence-corrected chi connectivity index (χ2v) is 4.62. The molecule has 0 radical (unpaired) electrons. The first kappa shape index (κ1) is 12.4. The molecular formula is C14H14N4O2. The molecule has 1 fully saturated rings. The van der Waals surface area contributed by atoms with Gasteiger partial charge in [-0.3, -0.25) is 14.7 Å². The predicted molar refractivity (Wildman–Crippen MR) is 73.5 cm³/mol. The molecule has 0 atom stereocenters. The van der Waals surface area contributed by atoms with Gasteiger partial charge in [-0.1, -0.05) is 12.1 Å². The predicted octanol–water partition coefficient (Wildman–Crippen LogP) is 1.51. The minimum atomic E-state index is -0.314. The Balaban J connectivity index is 1.82. The van der Waals surface area contributed by atoms with E-state index < -0.39 is 0 Å². The summed E-state index contributed by atoms with van der Waals surface area (Å²) in [7, 11) is 0. The number of nitrogens with one attached hydrogen (secondary N) is 2. The Bertz CT molecular complexity index is 632. The zero-order chi connectivity index (χ0) is 13.9. The van der Waals surface area contributed by atoms with Crippen molar-refractivity contribution < 1.29 is 9.59 Å². The molecule has 102 valence electrons. The number of benzene rings is 1. The standard InChI is InChI=1S/C14H14N4O2/c19-13(12-6-7-15-17-12)16-11-5-2-1-4-10(11)14(20)18-8-3-9-18/h1-2,4-7H,3,8-9H2,(H,15,17)(H,16,19). The second kappa shape index (κ2) is 5.16. The highest BCUT2D eigenvalue weighted by Crippen LogP contribution is 2.20. The number of hydrogen-bond acceptors (Lipinski definition) is 3. The van der Waals surface area contributed by atoms with E-state index in [1.165, 1.54) is 6.20 Å². The lowest BCUT2D eigenvalue weighted by molar-refractivity contribution is 0.0653. The topological polar surface area (TPSA) is 78.1 Å². The monoisotopic (exact) mass is 270 g/mol. The van der Waals surface area contributed by atoms with Crippen molar-refractivity contribution in [1.29, 1.82) is 0 Å². The van der Waals surface area contributed by atoms with Gasteiger partial charge in [0.1, 0.15) is 5.69 Å². The van der Waals surface area contributed by atoms with Crippen LogP contribution in [0.3, 0.4) is 0 Å².